The fourth-order valence-electron chi connectivity index (χ4n) is 2.49. The van der Waals surface area contributed by atoms with Crippen LogP contribution in [0.4, 0.5) is 11.4 Å². The number of hydrogen-bond donors (Lipinski definition) is 2. The SMILES string of the molecule is COc1ccc(NCc2cccc3ccccc23)cc1N. The van der Waals surface area contributed by atoms with Gasteiger partial charge in [-0.05, 0) is 34.5 Å². The van der Waals surface area contributed by atoms with E-state index in [9.17, 15) is 0 Å². The highest BCUT2D eigenvalue weighted by Crippen LogP contribution is 2.25. The monoisotopic (exact) mass is 278 g/mol. The third kappa shape index (κ3) is 2.77. The third-order valence-corrected chi connectivity index (χ3v) is 3.59. The Morgan fingerprint density at radius 1 is 1.00 bits per heavy atom. The molecule has 0 unspecified atom stereocenters. The van der Waals surface area contributed by atoms with Crippen LogP contribution in [0.3, 0.4) is 0 Å². The highest BCUT2D eigenvalue weighted by atomic mass is 16.5. The normalized spacial score (nSPS) is 10.5. The Morgan fingerprint density at radius 3 is 2.62 bits per heavy atom. The number of rotatable bonds is 4. The molecule has 3 aromatic carbocycles. The Labute approximate surface area is 124 Å². The smallest absolute Gasteiger partial charge is 0.141 e. The summed E-state index contributed by atoms with van der Waals surface area (Å²) < 4.78 is 5.17. The summed E-state index contributed by atoms with van der Waals surface area (Å²) in [5.74, 6) is 0.700. The molecule has 3 nitrogen and oxygen atoms in total. The van der Waals surface area contributed by atoms with Crippen molar-refractivity contribution in [3.8, 4) is 5.75 Å². The molecule has 3 rings (SSSR count). The second-order valence-electron chi connectivity index (χ2n) is 4.95. The summed E-state index contributed by atoms with van der Waals surface area (Å²) in [6.45, 7) is 0.757. The molecule has 0 aromatic heterocycles. The van der Waals surface area contributed by atoms with Crippen molar-refractivity contribution in [2.75, 3.05) is 18.2 Å². The average molecular weight is 278 g/mol. The van der Waals surface area contributed by atoms with Gasteiger partial charge in [0, 0.05) is 12.2 Å². The van der Waals surface area contributed by atoms with Crippen molar-refractivity contribution in [3.63, 3.8) is 0 Å². The molecule has 0 heterocycles. The van der Waals surface area contributed by atoms with Crippen LogP contribution in [-0.4, -0.2) is 7.11 Å². The van der Waals surface area contributed by atoms with Crippen molar-refractivity contribution in [1.82, 2.24) is 0 Å². The van der Waals surface area contributed by atoms with Crippen LogP contribution in [0.1, 0.15) is 5.56 Å². The number of nitrogens with one attached hydrogen (secondary N) is 1. The first-order valence-corrected chi connectivity index (χ1v) is 6.92. The Hall–Kier alpha value is -2.68. The van der Waals surface area contributed by atoms with E-state index in [0.29, 0.717) is 11.4 Å². The second-order valence-corrected chi connectivity index (χ2v) is 4.95. The van der Waals surface area contributed by atoms with Gasteiger partial charge in [0.15, 0.2) is 0 Å². The number of anilines is 2. The molecule has 0 aliphatic carbocycles. The zero-order valence-corrected chi connectivity index (χ0v) is 12.0. The van der Waals surface area contributed by atoms with E-state index >= 15 is 0 Å². The van der Waals surface area contributed by atoms with Gasteiger partial charge >= 0.3 is 0 Å². The molecular formula is C18H18N2O. The van der Waals surface area contributed by atoms with Crippen LogP contribution in [0.2, 0.25) is 0 Å². The predicted molar refractivity (Wildman–Crippen MR) is 88.7 cm³/mol. The van der Waals surface area contributed by atoms with Gasteiger partial charge in [0.05, 0.1) is 12.8 Å². The van der Waals surface area contributed by atoms with Gasteiger partial charge in [0.25, 0.3) is 0 Å². The Morgan fingerprint density at radius 2 is 1.81 bits per heavy atom. The van der Waals surface area contributed by atoms with Gasteiger partial charge in [-0.2, -0.15) is 0 Å². The highest BCUT2D eigenvalue weighted by molar-refractivity contribution is 5.85. The van der Waals surface area contributed by atoms with Crippen molar-refractivity contribution in [1.29, 1.82) is 0 Å². The lowest BCUT2D eigenvalue weighted by atomic mass is 10.0. The van der Waals surface area contributed by atoms with Crippen LogP contribution in [0, 0.1) is 0 Å². The Balaban J connectivity index is 1.82. The molecule has 0 aliphatic rings. The van der Waals surface area contributed by atoms with Gasteiger partial charge in [-0.3, -0.25) is 0 Å². The topological polar surface area (TPSA) is 47.3 Å². The molecule has 0 spiro atoms. The van der Waals surface area contributed by atoms with Gasteiger partial charge in [0.1, 0.15) is 5.75 Å². The fraction of sp³-hybridized carbons (Fsp3) is 0.111. The number of nitrogens with two attached hydrogens (primary N) is 1. The molecule has 3 aromatic rings. The minimum absolute atomic E-state index is 0.639. The van der Waals surface area contributed by atoms with Crippen LogP contribution in [0.5, 0.6) is 5.75 Å². The summed E-state index contributed by atoms with van der Waals surface area (Å²) in [5, 5.41) is 5.94. The van der Waals surface area contributed by atoms with Crippen molar-refractivity contribution in [2.24, 2.45) is 0 Å². The van der Waals surface area contributed by atoms with Gasteiger partial charge in [-0.1, -0.05) is 42.5 Å². The number of methoxy groups -OCH3 is 1. The first-order chi connectivity index (χ1) is 10.3. The lowest BCUT2D eigenvalue weighted by Gasteiger charge is -2.11. The molecule has 0 saturated heterocycles. The van der Waals surface area contributed by atoms with Crippen LogP contribution in [-0.2, 0) is 6.54 Å². The van der Waals surface area contributed by atoms with E-state index in [1.54, 1.807) is 7.11 Å². The maximum Gasteiger partial charge on any atom is 0.141 e. The predicted octanol–water partition coefficient (Wildman–Crippen LogP) is 4.04. The average Bonchev–Trinajstić information content (AvgIpc) is 2.53. The van der Waals surface area contributed by atoms with Crippen molar-refractivity contribution in [3.05, 3.63) is 66.2 Å². The van der Waals surface area contributed by atoms with E-state index < -0.39 is 0 Å². The van der Waals surface area contributed by atoms with Gasteiger partial charge in [-0.25, -0.2) is 0 Å². The van der Waals surface area contributed by atoms with Gasteiger partial charge in [0.2, 0.25) is 0 Å². The molecule has 0 bridgehead atoms. The summed E-state index contributed by atoms with van der Waals surface area (Å²) in [4.78, 5) is 0. The van der Waals surface area contributed by atoms with Crippen molar-refractivity contribution in [2.45, 2.75) is 6.54 Å². The zero-order chi connectivity index (χ0) is 14.7. The number of hydrogen-bond acceptors (Lipinski definition) is 3. The molecule has 0 atom stereocenters. The van der Waals surface area contributed by atoms with E-state index in [1.165, 1.54) is 16.3 Å². The van der Waals surface area contributed by atoms with E-state index in [0.717, 1.165) is 12.2 Å². The van der Waals surface area contributed by atoms with Gasteiger partial charge in [-0.15, -0.1) is 0 Å². The molecule has 0 saturated carbocycles. The Kier molecular flexibility index (Phi) is 3.65. The molecule has 3 heteroatoms. The molecule has 0 radical (unpaired) electrons. The van der Waals surface area contributed by atoms with E-state index in [2.05, 4.69) is 47.8 Å². The Bertz CT molecular complexity index is 763. The highest BCUT2D eigenvalue weighted by Gasteiger charge is 2.02. The largest absolute Gasteiger partial charge is 0.495 e. The number of nitrogen functional groups attached to an aromatic ring is 1. The summed E-state index contributed by atoms with van der Waals surface area (Å²) in [6.07, 6.45) is 0. The standard InChI is InChI=1S/C18H18N2O/c1-21-18-10-9-15(11-17(18)19)20-12-14-7-4-6-13-5-2-3-8-16(13)14/h2-11,20H,12,19H2,1H3. The molecule has 3 N–H and O–H groups in total. The van der Waals surface area contributed by atoms with Crippen LogP contribution < -0.4 is 15.8 Å². The summed E-state index contributed by atoms with van der Waals surface area (Å²) >= 11 is 0. The van der Waals surface area contributed by atoms with Crippen LogP contribution in [0.25, 0.3) is 10.8 Å². The minimum atomic E-state index is 0.639. The molecule has 0 fully saturated rings. The van der Waals surface area contributed by atoms with Crippen molar-refractivity contribution >= 4 is 22.1 Å². The number of benzene rings is 3. The lowest BCUT2D eigenvalue weighted by molar-refractivity contribution is 0.417. The fourth-order valence-corrected chi connectivity index (χ4v) is 2.49. The van der Waals surface area contributed by atoms with E-state index in [1.807, 2.05) is 18.2 Å². The molecule has 21 heavy (non-hydrogen) atoms. The van der Waals surface area contributed by atoms with E-state index in [4.69, 9.17) is 10.5 Å². The first-order valence-electron chi connectivity index (χ1n) is 6.92. The minimum Gasteiger partial charge on any atom is -0.495 e. The number of ether oxygens (including phenoxy) is 1. The summed E-state index contributed by atoms with van der Waals surface area (Å²) in [5.41, 5.74) is 8.82. The molecule has 0 aliphatic heterocycles. The molecule has 0 amide bonds. The van der Waals surface area contributed by atoms with Gasteiger partial charge < -0.3 is 15.8 Å². The van der Waals surface area contributed by atoms with Crippen molar-refractivity contribution < 1.29 is 4.74 Å². The third-order valence-electron chi connectivity index (χ3n) is 3.59. The quantitative estimate of drug-likeness (QED) is 0.708. The summed E-state index contributed by atoms with van der Waals surface area (Å²) in [7, 11) is 1.62. The van der Waals surface area contributed by atoms with E-state index in [-0.39, 0.29) is 0 Å². The first kappa shape index (κ1) is 13.3. The molecule has 106 valence electrons. The van der Waals surface area contributed by atoms with Crippen LogP contribution in [0.15, 0.2) is 60.7 Å². The maximum atomic E-state index is 5.93. The second kappa shape index (κ2) is 5.75. The summed E-state index contributed by atoms with van der Waals surface area (Å²) in [6, 6.07) is 20.5. The van der Waals surface area contributed by atoms with Crippen LogP contribution >= 0.6 is 0 Å². The zero-order valence-electron chi connectivity index (χ0n) is 12.0. The number of fused-ring (bicyclic) bond motifs is 1. The lowest BCUT2D eigenvalue weighted by Crippen LogP contribution is -2.01. The molecular weight excluding hydrogens is 260 g/mol. The maximum absolute atomic E-state index is 5.93.